The van der Waals surface area contributed by atoms with Crippen molar-refractivity contribution in [3.8, 4) is 0 Å². The van der Waals surface area contributed by atoms with E-state index in [1.807, 2.05) is 0 Å². The van der Waals surface area contributed by atoms with Gasteiger partial charge in [-0.25, -0.2) is 4.79 Å². The maximum atomic E-state index is 10.8. The molecule has 0 N–H and O–H groups in total. The normalized spacial score (nSPS) is 27.3. The van der Waals surface area contributed by atoms with Crippen LogP contribution >= 0.6 is 0 Å². The van der Waals surface area contributed by atoms with Crippen molar-refractivity contribution in [3.05, 3.63) is 0 Å². The molecule has 82 valence electrons. The molecular weight excluding hydrogens is 184 g/mol. The van der Waals surface area contributed by atoms with Crippen LogP contribution in [0.2, 0.25) is 0 Å². The second-order valence-corrected chi connectivity index (χ2v) is 3.53. The molecule has 0 aromatic rings. The smallest absolute Gasteiger partial charge is 0.331 e. The topological polar surface area (TPSA) is 44.8 Å². The molecular formula is C10H18O4. The van der Waals surface area contributed by atoms with Crippen molar-refractivity contribution >= 4 is 5.97 Å². The SMILES string of the molecule is COC(=O)COC1CCCC(OC)C1. The fraction of sp³-hybridized carbons (Fsp3) is 0.900. The van der Waals surface area contributed by atoms with Crippen molar-refractivity contribution in [2.45, 2.75) is 37.9 Å². The van der Waals surface area contributed by atoms with Gasteiger partial charge >= 0.3 is 5.97 Å². The summed E-state index contributed by atoms with van der Waals surface area (Å²) in [5, 5.41) is 0. The lowest BCUT2D eigenvalue weighted by Crippen LogP contribution is -2.29. The highest BCUT2D eigenvalue weighted by molar-refractivity contribution is 5.70. The minimum atomic E-state index is -0.315. The Labute approximate surface area is 84.5 Å². The summed E-state index contributed by atoms with van der Waals surface area (Å²) in [6, 6.07) is 0. The van der Waals surface area contributed by atoms with Crippen molar-refractivity contribution in [2.24, 2.45) is 0 Å². The van der Waals surface area contributed by atoms with Gasteiger partial charge in [0.2, 0.25) is 0 Å². The molecule has 0 saturated heterocycles. The Kier molecular flexibility index (Phi) is 4.90. The maximum absolute atomic E-state index is 10.8. The molecule has 0 heterocycles. The molecule has 0 aromatic carbocycles. The van der Waals surface area contributed by atoms with Crippen LogP contribution in [0.25, 0.3) is 0 Å². The van der Waals surface area contributed by atoms with E-state index in [1.165, 1.54) is 7.11 Å². The summed E-state index contributed by atoms with van der Waals surface area (Å²) < 4.78 is 15.2. The third kappa shape index (κ3) is 3.64. The fourth-order valence-electron chi connectivity index (χ4n) is 1.71. The Morgan fingerprint density at radius 1 is 1.29 bits per heavy atom. The van der Waals surface area contributed by atoms with Crippen LogP contribution in [-0.4, -0.2) is 39.0 Å². The predicted octanol–water partition coefficient (Wildman–Crippen LogP) is 1.13. The number of carbonyl (C=O) groups excluding carboxylic acids is 1. The van der Waals surface area contributed by atoms with E-state index in [2.05, 4.69) is 4.74 Å². The fourth-order valence-corrected chi connectivity index (χ4v) is 1.71. The van der Waals surface area contributed by atoms with Crippen LogP contribution in [0.15, 0.2) is 0 Å². The molecule has 1 rings (SSSR count). The number of rotatable bonds is 4. The molecule has 0 amide bonds. The highest BCUT2D eigenvalue weighted by Gasteiger charge is 2.22. The number of hydrogen-bond donors (Lipinski definition) is 0. The Morgan fingerprint density at radius 2 is 2.00 bits per heavy atom. The lowest BCUT2D eigenvalue weighted by molar-refractivity contribution is -0.149. The number of ether oxygens (including phenoxy) is 3. The second-order valence-electron chi connectivity index (χ2n) is 3.53. The van der Waals surface area contributed by atoms with E-state index in [4.69, 9.17) is 9.47 Å². The summed E-state index contributed by atoms with van der Waals surface area (Å²) >= 11 is 0. The average molecular weight is 202 g/mol. The molecule has 0 radical (unpaired) electrons. The monoisotopic (exact) mass is 202 g/mol. The number of methoxy groups -OCH3 is 2. The van der Waals surface area contributed by atoms with Crippen molar-refractivity contribution in [1.82, 2.24) is 0 Å². The molecule has 1 fully saturated rings. The lowest BCUT2D eigenvalue weighted by Gasteiger charge is -2.27. The largest absolute Gasteiger partial charge is 0.467 e. The molecule has 0 bridgehead atoms. The Bertz CT molecular complexity index is 181. The summed E-state index contributed by atoms with van der Waals surface area (Å²) in [5.74, 6) is -0.315. The summed E-state index contributed by atoms with van der Waals surface area (Å²) in [4.78, 5) is 10.8. The number of esters is 1. The lowest BCUT2D eigenvalue weighted by atomic mass is 9.95. The zero-order chi connectivity index (χ0) is 10.4. The van der Waals surface area contributed by atoms with Crippen LogP contribution in [0, 0.1) is 0 Å². The predicted molar refractivity (Wildman–Crippen MR) is 51.0 cm³/mol. The van der Waals surface area contributed by atoms with Crippen LogP contribution < -0.4 is 0 Å². The van der Waals surface area contributed by atoms with Crippen LogP contribution in [0.1, 0.15) is 25.7 Å². The third-order valence-corrected chi connectivity index (χ3v) is 2.58. The average Bonchev–Trinajstić information content (AvgIpc) is 2.26. The standard InChI is InChI=1S/C10H18O4/c1-12-8-4-3-5-9(6-8)14-7-10(11)13-2/h8-9H,3-7H2,1-2H3. The zero-order valence-corrected chi connectivity index (χ0v) is 8.82. The molecule has 4 nitrogen and oxygen atoms in total. The summed E-state index contributed by atoms with van der Waals surface area (Å²) in [7, 11) is 3.08. The Morgan fingerprint density at radius 3 is 2.64 bits per heavy atom. The number of hydrogen-bond acceptors (Lipinski definition) is 4. The minimum absolute atomic E-state index is 0.0532. The Balaban J connectivity index is 2.20. The van der Waals surface area contributed by atoms with Gasteiger partial charge in [0.15, 0.2) is 0 Å². The van der Waals surface area contributed by atoms with E-state index in [0.29, 0.717) is 0 Å². The van der Waals surface area contributed by atoms with Gasteiger partial charge in [0.25, 0.3) is 0 Å². The van der Waals surface area contributed by atoms with Crippen molar-refractivity contribution in [1.29, 1.82) is 0 Å². The van der Waals surface area contributed by atoms with Gasteiger partial charge in [-0.05, 0) is 25.7 Å². The minimum Gasteiger partial charge on any atom is -0.467 e. The summed E-state index contributed by atoms with van der Waals surface area (Å²) in [5.41, 5.74) is 0. The molecule has 14 heavy (non-hydrogen) atoms. The van der Waals surface area contributed by atoms with Crippen LogP contribution in [-0.2, 0) is 19.0 Å². The van der Waals surface area contributed by atoms with Crippen LogP contribution in [0.4, 0.5) is 0 Å². The molecule has 1 saturated carbocycles. The van der Waals surface area contributed by atoms with Crippen molar-refractivity contribution in [2.75, 3.05) is 20.8 Å². The quantitative estimate of drug-likeness (QED) is 0.641. The van der Waals surface area contributed by atoms with Crippen LogP contribution in [0.3, 0.4) is 0 Å². The van der Waals surface area contributed by atoms with Gasteiger partial charge < -0.3 is 14.2 Å². The summed E-state index contributed by atoms with van der Waals surface area (Å²) in [6.07, 6.45) is 4.52. The van der Waals surface area contributed by atoms with Gasteiger partial charge in [-0.3, -0.25) is 0 Å². The van der Waals surface area contributed by atoms with E-state index >= 15 is 0 Å². The highest BCUT2D eigenvalue weighted by Crippen LogP contribution is 2.22. The summed E-state index contributed by atoms with van der Waals surface area (Å²) in [6.45, 7) is 0.0532. The van der Waals surface area contributed by atoms with Crippen molar-refractivity contribution < 1.29 is 19.0 Å². The molecule has 1 aliphatic rings. The number of carbonyl (C=O) groups is 1. The molecule has 4 heteroatoms. The molecule has 0 aromatic heterocycles. The van der Waals surface area contributed by atoms with Crippen molar-refractivity contribution in [3.63, 3.8) is 0 Å². The van der Waals surface area contributed by atoms with Gasteiger partial charge in [0.1, 0.15) is 6.61 Å². The first kappa shape index (κ1) is 11.5. The zero-order valence-electron chi connectivity index (χ0n) is 8.82. The van der Waals surface area contributed by atoms with E-state index < -0.39 is 0 Å². The van der Waals surface area contributed by atoms with Gasteiger partial charge in [0, 0.05) is 7.11 Å². The Hall–Kier alpha value is -0.610. The van der Waals surface area contributed by atoms with E-state index in [-0.39, 0.29) is 24.8 Å². The van der Waals surface area contributed by atoms with Gasteiger partial charge in [0.05, 0.1) is 19.3 Å². The molecule has 2 unspecified atom stereocenters. The molecule has 2 atom stereocenters. The van der Waals surface area contributed by atoms with E-state index in [0.717, 1.165) is 25.7 Å². The first-order valence-electron chi connectivity index (χ1n) is 4.97. The molecule has 1 aliphatic carbocycles. The van der Waals surface area contributed by atoms with Gasteiger partial charge in [-0.15, -0.1) is 0 Å². The third-order valence-electron chi connectivity index (χ3n) is 2.58. The van der Waals surface area contributed by atoms with Gasteiger partial charge in [-0.2, -0.15) is 0 Å². The highest BCUT2D eigenvalue weighted by atomic mass is 16.6. The first-order valence-corrected chi connectivity index (χ1v) is 4.97. The van der Waals surface area contributed by atoms with E-state index in [1.54, 1.807) is 7.11 Å². The molecule has 0 aliphatic heterocycles. The van der Waals surface area contributed by atoms with E-state index in [9.17, 15) is 4.79 Å². The maximum Gasteiger partial charge on any atom is 0.331 e. The van der Waals surface area contributed by atoms with Crippen LogP contribution in [0.5, 0.6) is 0 Å². The molecule has 0 spiro atoms. The van der Waals surface area contributed by atoms with Gasteiger partial charge in [-0.1, -0.05) is 0 Å². The second kappa shape index (κ2) is 5.98. The first-order chi connectivity index (χ1) is 6.76.